The van der Waals surface area contributed by atoms with E-state index in [1.165, 1.54) is 6.20 Å². The highest BCUT2D eigenvalue weighted by Crippen LogP contribution is 2.16. The number of aromatic nitrogens is 3. The van der Waals surface area contributed by atoms with Gasteiger partial charge in [0, 0.05) is 34.7 Å². The van der Waals surface area contributed by atoms with Gasteiger partial charge in [0.05, 0.1) is 18.6 Å². The third kappa shape index (κ3) is 8.72. The number of aromatic amines is 1. The van der Waals surface area contributed by atoms with E-state index >= 15 is 0 Å². The van der Waals surface area contributed by atoms with E-state index in [4.69, 9.17) is 9.47 Å². The number of pyridine rings is 1. The van der Waals surface area contributed by atoms with Crippen LogP contribution in [-0.2, 0) is 23.9 Å². The van der Waals surface area contributed by atoms with E-state index < -0.39 is 34.9 Å². The number of hydrogen-bond donors (Lipinski definition) is 3. The van der Waals surface area contributed by atoms with Gasteiger partial charge in [0.1, 0.15) is 6.04 Å². The Morgan fingerprint density at radius 2 is 1.67 bits per heavy atom. The molecule has 220 valence electrons. The minimum atomic E-state index is -1.01. The largest absolute Gasteiger partial charge is 0.466 e. The van der Waals surface area contributed by atoms with Gasteiger partial charge >= 0.3 is 11.9 Å². The van der Waals surface area contributed by atoms with Gasteiger partial charge < -0.3 is 14.8 Å². The summed E-state index contributed by atoms with van der Waals surface area (Å²) >= 11 is 0. The molecular formula is C30H33N5O7. The van der Waals surface area contributed by atoms with Gasteiger partial charge in [-0.1, -0.05) is 32.6 Å². The molecule has 3 rings (SSSR count). The van der Waals surface area contributed by atoms with Gasteiger partial charge in [0.25, 0.3) is 11.5 Å². The number of benzene rings is 1. The molecule has 3 N–H and O–H groups in total. The van der Waals surface area contributed by atoms with E-state index in [1.54, 1.807) is 65.0 Å². The molecule has 0 saturated carbocycles. The van der Waals surface area contributed by atoms with Gasteiger partial charge in [0.15, 0.2) is 5.65 Å². The van der Waals surface area contributed by atoms with Crippen molar-refractivity contribution >= 4 is 40.7 Å². The summed E-state index contributed by atoms with van der Waals surface area (Å²) in [5.41, 5.74) is 0.348. The summed E-state index contributed by atoms with van der Waals surface area (Å²) < 4.78 is 9.91. The van der Waals surface area contributed by atoms with Crippen LogP contribution in [0.3, 0.4) is 0 Å². The number of esters is 2. The van der Waals surface area contributed by atoms with Crippen LogP contribution in [0.15, 0.2) is 41.3 Å². The predicted molar refractivity (Wildman–Crippen MR) is 154 cm³/mol. The summed E-state index contributed by atoms with van der Waals surface area (Å²) in [6, 6.07) is 6.90. The first-order chi connectivity index (χ1) is 19.9. The van der Waals surface area contributed by atoms with Crippen LogP contribution < -0.4 is 16.2 Å². The van der Waals surface area contributed by atoms with Crippen molar-refractivity contribution in [3.05, 3.63) is 63.6 Å². The molecule has 1 aromatic carbocycles. The maximum Gasteiger partial charge on any atom is 0.328 e. The highest BCUT2D eigenvalue weighted by atomic mass is 16.5. The first-order valence-electron chi connectivity index (χ1n) is 13.4. The van der Waals surface area contributed by atoms with Crippen LogP contribution in [0.25, 0.3) is 11.0 Å². The Hall–Kier alpha value is -5.05. The maximum atomic E-state index is 12.8. The van der Waals surface area contributed by atoms with E-state index in [0.29, 0.717) is 11.1 Å². The summed E-state index contributed by atoms with van der Waals surface area (Å²) in [6.07, 6.45) is 1.45. The van der Waals surface area contributed by atoms with Crippen molar-refractivity contribution in [3.63, 3.8) is 0 Å². The van der Waals surface area contributed by atoms with Gasteiger partial charge in [-0.3, -0.25) is 29.5 Å². The lowest BCUT2D eigenvalue weighted by molar-refractivity contribution is -0.146. The van der Waals surface area contributed by atoms with Gasteiger partial charge in [-0.25, -0.2) is 9.78 Å². The summed E-state index contributed by atoms with van der Waals surface area (Å²) in [5.74, 6) is 3.96. The average Bonchev–Trinajstić information content (AvgIpc) is 2.94. The third-order valence-electron chi connectivity index (χ3n) is 5.79. The first kappa shape index (κ1) is 31.5. The molecule has 0 aliphatic heterocycles. The zero-order valence-electron chi connectivity index (χ0n) is 24.1. The Morgan fingerprint density at radius 3 is 2.31 bits per heavy atom. The van der Waals surface area contributed by atoms with E-state index in [-0.39, 0.29) is 54.5 Å². The van der Waals surface area contributed by atoms with Crippen LogP contribution in [0, 0.1) is 17.3 Å². The molecule has 1 atom stereocenters. The summed E-state index contributed by atoms with van der Waals surface area (Å²) in [6.45, 7) is 8.90. The second-order valence-electron chi connectivity index (χ2n) is 10.2. The van der Waals surface area contributed by atoms with Gasteiger partial charge in [-0.2, -0.15) is 4.98 Å². The highest BCUT2D eigenvalue weighted by Gasteiger charge is 2.24. The molecule has 12 heteroatoms. The molecule has 42 heavy (non-hydrogen) atoms. The Balaban J connectivity index is 1.71. The fourth-order valence-corrected chi connectivity index (χ4v) is 3.52. The molecule has 0 saturated heterocycles. The molecule has 2 aromatic heterocycles. The van der Waals surface area contributed by atoms with Crippen LogP contribution in [0.5, 0.6) is 0 Å². The van der Waals surface area contributed by atoms with Gasteiger partial charge in [-0.15, -0.1) is 0 Å². The molecule has 2 amide bonds. The van der Waals surface area contributed by atoms with Crippen LogP contribution >= 0.6 is 0 Å². The molecule has 0 unspecified atom stereocenters. The molecule has 0 radical (unpaired) electrons. The van der Waals surface area contributed by atoms with Crippen molar-refractivity contribution in [2.24, 2.45) is 5.41 Å². The van der Waals surface area contributed by atoms with Crippen LogP contribution in [0.2, 0.25) is 0 Å². The molecule has 0 bridgehead atoms. The van der Waals surface area contributed by atoms with E-state index in [0.717, 1.165) is 0 Å². The molecule has 3 aromatic rings. The summed E-state index contributed by atoms with van der Waals surface area (Å²) in [7, 11) is 0. The zero-order valence-corrected chi connectivity index (χ0v) is 24.1. The number of fused-ring (bicyclic) bond motifs is 1. The highest BCUT2D eigenvalue weighted by molar-refractivity contribution is 5.97. The predicted octanol–water partition coefficient (Wildman–Crippen LogP) is 2.71. The van der Waals surface area contributed by atoms with E-state index in [2.05, 4.69) is 37.4 Å². The van der Waals surface area contributed by atoms with Crippen molar-refractivity contribution in [1.29, 1.82) is 0 Å². The quantitative estimate of drug-likeness (QED) is 0.256. The topological polar surface area (TPSA) is 169 Å². The number of hydrogen-bond acceptors (Lipinski definition) is 9. The number of ether oxygens (including phenoxy) is 2. The molecule has 2 heterocycles. The monoisotopic (exact) mass is 575 g/mol. The van der Waals surface area contributed by atoms with Crippen LogP contribution in [0.4, 0.5) is 5.95 Å². The number of amides is 2. The number of carbonyl (C=O) groups is 4. The smallest absolute Gasteiger partial charge is 0.328 e. The lowest BCUT2D eigenvalue weighted by atomic mass is 9.96. The van der Waals surface area contributed by atoms with Crippen molar-refractivity contribution < 1.29 is 28.7 Å². The number of anilines is 1. The van der Waals surface area contributed by atoms with E-state index in [1.807, 2.05) is 0 Å². The molecule has 0 aliphatic rings. The molecule has 0 fully saturated rings. The Labute approximate surface area is 242 Å². The third-order valence-corrected chi connectivity index (χ3v) is 5.79. The van der Waals surface area contributed by atoms with Crippen LogP contribution in [-0.4, -0.2) is 58.0 Å². The lowest BCUT2D eigenvalue weighted by Crippen LogP contribution is -2.42. The fourth-order valence-electron chi connectivity index (χ4n) is 3.52. The van der Waals surface area contributed by atoms with Crippen molar-refractivity contribution in [1.82, 2.24) is 20.3 Å². The van der Waals surface area contributed by atoms with Crippen LogP contribution in [0.1, 0.15) is 68.9 Å². The zero-order chi connectivity index (χ0) is 30.9. The average molecular weight is 576 g/mol. The Morgan fingerprint density at radius 1 is 1.00 bits per heavy atom. The normalized spacial score (nSPS) is 11.5. The van der Waals surface area contributed by atoms with Gasteiger partial charge in [0.2, 0.25) is 11.9 Å². The molecule has 0 spiro atoms. The molecule has 0 aliphatic carbocycles. The lowest BCUT2D eigenvalue weighted by Gasteiger charge is -2.17. The Bertz CT molecular complexity index is 1590. The van der Waals surface area contributed by atoms with Crippen molar-refractivity contribution in [2.75, 3.05) is 18.5 Å². The minimum absolute atomic E-state index is 0.00969. The summed E-state index contributed by atoms with van der Waals surface area (Å²) in [4.78, 5) is 72.5. The van der Waals surface area contributed by atoms with Gasteiger partial charge in [-0.05, 0) is 50.6 Å². The van der Waals surface area contributed by atoms with E-state index in [9.17, 15) is 24.0 Å². The Kier molecular flexibility index (Phi) is 10.5. The molecular weight excluding hydrogens is 542 g/mol. The number of rotatable bonds is 9. The number of carbonyl (C=O) groups excluding carboxylic acids is 4. The standard InChI is InChI=1S/C30H33N5O7/c1-6-41-23(36)15-14-22(27(39)42-7-2)32-25(37)20-12-10-18(11-13-20)8-9-19-16-21-24(31-17-19)33-29(34-26(21)38)35-28(40)30(3,4)5/h10-13,16-17,22H,6-7,14-15H2,1-5H3,(H,32,37)(H2,31,33,34,35,38,40)/t22-/m0/s1. The number of H-pyrrole nitrogens is 1. The fraction of sp³-hybridized carbons (Fsp3) is 0.367. The number of nitrogens with one attached hydrogen (secondary N) is 3. The summed E-state index contributed by atoms with van der Waals surface area (Å²) in [5, 5.41) is 5.40. The second kappa shape index (κ2) is 14.0. The minimum Gasteiger partial charge on any atom is -0.466 e. The first-order valence-corrected chi connectivity index (χ1v) is 13.4. The number of nitrogens with zero attached hydrogens (tertiary/aromatic N) is 2. The molecule has 12 nitrogen and oxygen atoms in total. The SMILES string of the molecule is CCOC(=O)CC[C@H](NC(=O)c1ccc(C#Cc2cnc3nc(NC(=O)C(C)(C)C)[nH]c(=O)c3c2)cc1)C(=O)OCC. The van der Waals surface area contributed by atoms with Crippen molar-refractivity contribution in [3.8, 4) is 11.8 Å². The maximum absolute atomic E-state index is 12.8. The second-order valence-corrected chi connectivity index (χ2v) is 10.2. The van der Waals surface area contributed by atoms with Crippen molar-refractivity contribution in [2.45, 2.75) is 53.5 Å².